The van der Waals surface area contributed by atoms with Crippen LogP contribution in [0.1, 0.15) is 12.6 Å². The zero-order valence-corrected chi connectivity index (χ0v) is 19.5. The van der Waals surface area contributed by atoms with Gasteiger partial charge < -0.3 is 18.8 Å². The fraction of sp³-hybridized carbons (Fsp3) is 0.304. The molecule has 0 N–H and O–H groups in total. The summed E-state index contributed by atoms with van der Waals surface area (Å²) in [4.78, 5) is 9.64. The van der Waals surface area contributed by atoms with Crippen LogP contribution in [0, 0.1) is 0 Å². The van der Waals surface area contributed by atoms with Crippen LogP contribution in [0.2, 0.25) is 0 Å². The summed E-state index contributed by atoms with van der Waals surface area (Å²) in [6, 6.07) is 14.1. The number of rotatable bonds is 10. The Labute approximate surface area is 190 Å². The van der Waals surface area contributed by atoms with Crippen molar-refractivity contribution in [2.45, 2.75) is 24.4 Å². The summed E-state index contributed by atoms with van der Waals surface area (Å²) < 4.78 is 18.6. The van der Waals surface area contributed by atoms with Gasteiger partial charge in [-0.1, -0.05) is 23.9 Å². The molecule has 0 aliphatic heterocycles. The molecule has 2 heterocycles. The first-order chi connectivity index (χ1) is 15.2. The van der Waals surface area contributed by atoms with Crippen LogP contribution in [0.3, 0.4) is 0 Å². The lowest BCUT2D eigenvalue weighted by atomic mass is 10.2. The molecule has 0 spiro atoms. The van der Waals surface area contributed by atoms with E-state index in [2.05, 4.69) is 16.0 Å². The number of nitrogens with zero attached hydrogens (tertiary/aromatic N) is 3. The molecule has 6 nitrogen and oxygen atoms in total. The molecular formula is C23H25N3O3S2. The van der Waals surface area contributed by atoms with Crippen LogP contribution < -0.4 is 9.47 Å². The minimum atomic E-state index is 0.601. The SMILES string of the molecule is CCOc1ccc(-c2nc(CSc3nc4ccccc4n3CCOC)cs2)cc1OC. The molecule has 4 rings (SSSR count). The third kappa shape index (κ3) is 4.87. The molecule has 0 aliphatic carbocycles. The van der Waals surface area contributed by atoms with Gasteiger partial charge in [0.05, 0.1) is 37.1 Å². The van der Waals surface area contributed by atoms with Crippen molar-refractivity contribution < 1.29 is 14.2 Å². The highest BCUT2D eigenvalue weighted by molar-refractivity contribution is 7.98. The summed E-state index contributed by atoms with van der Waals surface area (Å²) in [6.45, 7) is 3.98. The largest absolute Gasteiger partial charge is 0.493 e. The Morgan fingerprint density at radius 2 is 1.94 bits per heavy atom. The van der Waals surface area contributed by atoms with E-state index in [9.17, 15) is 0 Å². The van der Waals surface area contributed by atoms with Crippen molar-refractivity contribution in [3.8, 4) is 22.1 Å². The Hall–Kier alpha value is -2.55. The van der Waals surface area contributed by atoms with E-state index >= 15 is 0 Å². The minimum absolute atomic E-state index is 0.601. The number of ether oxygens (including phenoxy) is 3. The standard InChI is InChI=1S/C23H25N3O3S2/c1-4-29-20-10-9-16(13-21(20)28-3)22-24-17(14-30-22)15-31-23-25-18-7-5-6-8-19(18)26(23)11-12-27-2/h5-10,13-14H,4,11-12,15H2,1-3H3. The molecule has 2 aromatic carbocycles. The van der Waals surface area contributed by atoms with E-state index in [-0.39, 0.29) is 0 Å². The maximum absolute atomic E-state index is 5.61. The molecule has 8 heteroatoms. The molecule has 0 unspecified atom stereocenters. The molecule has 0 saturated heterocycles. The predicted molar refractivity (Wildman–Crippen MR) is 126 cm³/mol. The molecular weight excluding hydrogens is 430 g/mol. The van der Waals surface area contributed by atoms with E-state index in [0.29, 0.717) is 13.2 Å². The number of benzene rings is 2. The maximum Gasteiger partial charge on any atom is 0.169 e. The monoisotopic (exact) mass is 455 g/mol. The maximum atomic E-state index is 5.61. The van der Waals surface area contributed by atoms with Gasteiger partial charge in [0.25, 0.3) is 0 Å². The molecule has 0 bridgehead atoms. The van der Waals surface area contributed by atoms with Crippen molar-refractivity contribution in [2.75, 3.05) is 27.4 Å². The lowest BCUT2D eigenvalue weighted by molar-refractivity contribution is 0.186. The molecule has 0 amide bonds. The molecule has 4 aromatic rings. The van der Waals surface area contributed by atoms with Gasteiger partial charge in [-0.2, -0.15) is 0 Å². The Morgan fingerprint density at radius 3 is 2.74 bits per heavy atom. The second kappa shape index (κ2) is 10.2. The van der Waals surface area contributed by atoms with Gasteiger partial charge in [-0.15, -0.1) is 11.3 Å². The number of aromatic nitrogens is 3. The number of methoxy groups -OCH3 is 2. The van der Waals surface area contributed by atoms with Crippen molar-refractivity contribution in [3.63, 3.8) is 0 Å². The topological polar surface area (TPSA) is 58.4 Å². The molecule has 162 valence electrons. The van der Waals surface area contributed by atoms with Gasteiger partial charge in [-0.3, -0.25) is 0 Å². The molecule has 0 atom stereocenters. The number of thioether (sulfide) groups is 1. The van der Waals surface area contributed by atoms with Crippen LogP contribution in [0.4, 0.5) is 0 Å². The Kier molecular flexibility index (Phi) is 7.11. The fourth-order valence-electron chi connectivity index (χ4n) is 3.28. The van der Waals surface area contributed by atoms with Crippen molar-refractivity contribution in [3.05, 3.63) is 53.5 Å². The first-order valence-corrected chi connectivity index (χ1v) is 11.9. The van der Waals surface area contributed by atoms with Gasteiger partial charge in [-0.05, 0) is 37.3 Å². The van der Waals surface area contributed by atoms with Crippen LogP contribution in [-0.2, 0) is 17.0 Å². The van der Waals surface area contributed by atoms with Crippen molar-refractivity contribution in [1.82, 2.24) is 14.5 Å². The van der Waals surface area contributed by atoms with Gasteiger partial charge in [0.15, 0.2) is 16.7 Å². The van der Waals surface area contributed by atoms with Crippen molar-refractivity contribution in [1.29, 1.82) is 0 Å². The van der Waals surface area contributed by atoms with Crippen LogP contribution in [0.25, 0.3) is 21.6 Å². The number of imidazole rings is 1. The summed E-state index contributed by atoms with van der Waals surface area (Å²) in [5.74, 6) is 2.22. The van der Waals surface area contributed by atoms with Gasteiger partial charge >= 0.3 is 0 Å². The average Bonchev–Trinajstić information content (AvgIpc) is 3.41. The lowest BCUT2D eigenvalue weighted by Gasteiger charge is -2.10. The van der Waals surface area contributed by atoms with E-state index in [1.54, 1.807) is 37.3 Å². The normalized spacial score (nSPS) is 11.2. The van der Waals surface area contributed by atoms with Crippen LogP contribution in [-0.4, -0.2) is 42.0 Å². The highest BCUT2D eigenvalue weighted by Gasteiger charge is 2.13. The second-order valence-corrected chi connectivity index (χ2v) is 8.56. The van der Waals surface area contributed by atoms with Crippen LogP contribution >= 0.6 is 23.1 Å². The van der Waals surface area contributed by atoms with Gasteiger partial charge in [0, 0.05) is 30.4 Å². The molecule has 31 heavy (non-hydrogen) atoms. The van der Waals surface area contributed by atoms with E-state index < -0.39 is 0 Å². The summed E-state index contributed by atoms with van der Waals surface area (Å²) in [5, 5.41) is 4.05. The Balaban J connectivity index is 1.51. The Morgan fingerprint density at radius 1 is 1.06 bits per heavy atom. The molecule has 0 radical (unpaired) electrons. The first kappa shape index (κ1) is 21.7. The molecule has 0 saturated carbocycles. The molecule has 0 fully saturated rings. The summed E-state index contributed by atoms with van der Waals surface area (Å²) >= 11 is 3.33. The highest BCUT2D eigenvalue weighted by Crippen LogP contribution is 2.35. The quantitative estimate of drug-likeness (QED) is 0.294. The van der Waals surface area contributed by atoms with E-state index in [4.69, 9.17) is 24.2 Å². The zero-order chi connectivity index (χ0) is 21.6. The van der Waals surface area contributed by atoms with Crippen LogP contribution in [0.5, 0.6) is 11.5 Å². The van der Waals surface area contributed by atoms with E-state index in [0.717, 1.165) is 56.3 Å². The van der Waals surface area contributed by atoms with Crippen LogP contribution in [0.15, 0.2) is 53.0 Å². The summed E-state index contributed by atoms with van der Waals surface area (Å²) in [5.41, 5.74) is 4.18. The van der Waals surface area contributed by atoms with Gasteiger partial charge in [0.2, 0.25) is 0 Å². The number of hydrogen-bond acceptors (Lipinski definition) is 7. The van der Waals surface area contributed by atoms with Crippen molar-refractivity contribution >= 4 is 34.1 Å². The predicted octanol–water partition coefficient (Wildman–Crippen LogP) is 5.51. The minimum Gasteiger partial charge on any atom is -0.493 e. The van der Waals surface area contributed by atoms with Gasteiger partial charge in [0.1, 0.15) is 5.01 Å². The zero-order valence-electron chi connectivity index (χ0n) is 17.8. The van der Waals surface area contributed by atoms with Gasteiger partial charge in [-0.25, -0.2) is 9.97 Å². The first-order valence-electron chi connectivity index (χ1n) is 10.1. The average molecular weight is 456 g/mol. The third-order valence-electron chi connectivity index (χ3n) is 4.75. The summed E-state index contributed by atoms with van der Waals surface area (Å²) in [6.07, 6.45) is 0. The second-order valence-electron chi connectivity index (χ2n) is 6.76. The number of fused-ring (bicyclic) bond motifs is 1. The number of para-hydroxylation sites is 2. The number of thiazole rings is 1. The molecule has 2 aromatic heterocycles. The highest BCUT2D eigenvalue weighted by atomic mass is 32.2. The Bertz CT molecular complexity index is 1160. The summed E-state index contributed by atoms with van der Waals surface area (Å²) in [7, 11) is 3.37. The third-order valence-corrected chi connectivity index (χ3v) is 6.70. The van der Waals surface area contributed by atoms with E-state index in [1.165, 1.54) is 0 Å². The number of hydrogen-bond donors (Lipinski definition) is 0. The smallest absolute Gasteiger partial charge is 0.169 e. The molecule has 0 aliphatic rings. The van der Waals surface area contributed by atoms with Crippen molar-refractivity contribution in [2.24, 2.45) is 0 Å². The lowest BCUT2D eigenvalue weighted by Crippen LogP contribution is -2.05. The van der Waals surface area contributed by atoms with E-state index in [1.807, 2.05) is 43.3 Å². The fourth-order valence-corrected chi connectivity index (χ4v) is 5.14.